The molecule has 6 atom stereocenters. The number of aromatic hydroxyl groups is 1. The molecule has 1 aromatic heterocycles. The van der Waals surface area contributed by atoms with Crippen LogP contribution in [0.25, 0.3) is 0 Å². The third-order valence-electron chi connectivity index (χ3n) is 12.3. The number of fused-ring (bicyclic) bond motifs is 4. The number of phenols is 1. The van der Waals surface area contributed by atoms with Gasteiger partial charge >= 0.3 is 6.18 Å². The molecule has 3 heterocycles. The molecule has 0 bridgehead atoms. The summed E-state index contributed by atoms with van der Waals surface area (Å²) in [5, 5.41) is 11.7. The monoisotopic (exact) mass is 868 g/mol. The highest BCUT2D eigenvalue weighted by molar-refractivity contribution is 6.33. The van der Waals surface area contributed by atoms with Gasteiger partial charge in [-0.15, -0.1) is 0 Å². The molecule has 1 saturated carbocycles. The van der Waals surface area contributed by atoms with E-state index in [0.29, 0.717) is 34.0 Å². The van der Waals surface area contributed by atoms with E-state index in [1.807, 2.05) is 0 Å². The van der Waals surface area contributed by atoms with Gasteiger partial charge in [-0.1, -0.05) is 89.4 Å². The van der Waals surface area contributed by atoms with Gasteiger partial charge in [0.15, 0.2) is 23.2 Å². The molecule has 0 unspecified atom stereocenters. The maximum atomic E-state index is 15.4. The Morgan fingerprint density at radius 3 is 2.20 bits per heavy atom. The van der Waals surface area contributed by atoms with Crippen molar-refractivity contribution in [1.82, 2.24) is 9.99 Å². The van der Waals surface area contributed by atoms with Gasteiger partial charge in [-0.05, 0) is 72.9 Å². The van der Waals surface area contributed by atoms with Crippen molar-refractivity contribution in [3.63, 3.8) is 0 Å². The first-order valence-electron chi connectivity index (χ1n) is 19.0. The van der Waals surface area contributed by atoms with Crippen molar-refractivity contribution in [3.05, 3.63) is 165 Å². The van der Waals surface area contributed by atoms with Crippen LogP contribution in [-0.4, -0.2) is 44.5 Å². The summed E-state index contributed by atoms with van der Waals surface area (Å²) in [6, 6.07) is 24.9. The van der Waals surface area contributed by atoms with Crippen LogP contribution >= 0.6 is 23.2 Å². The molecular weight excluding hydrogens is 839 g/mol. The van der Waals surface area contributed by atoms with E-state index in [4.69, 9.17) is 23.2 Å². The standard InChI is InChI=1S/C45H30Cl2F4N4O6/c46-26-13-11-24(12-14-26)44-32(41(59)55(43(44)61)53-39-33(47)19-25(21-52-39)45(49,50)51)20-31-28(36(44)30-7-4-8-34(48)38(30)57)17-18-29-35(31)42(60)54(40(29)58)27-15-9-23(10-16-27)37(56)22-5-2-1-3-6-22/h1-17,19,21,29,31-32,35-36,57H,18,20H2,(H,52,53)/t29-,31+,32-,35-,36+,44+/m0/s1. The van der Waals surface area contributed by atoms with E-state index in [0.717, 1.165) is 11.0 Å². The number of imide groups is 2. The van der Waals surface area contributed by atoms with Crippen LogP contribution in [-0.2, 0) is 30.8 Å². The van der Waals surface area contributed by atoms with Gasteiger partial charge in [-0.25, -0.2) is 9.37 Å². The fourth-order valence-electron chi connectivity index (χ4n) is 9.66. The first kappa shape index (κ1) is 40.0. The van der Waals surface area contributed by atoms with Gasteiger partial charge in [-0.3, -0.25) is 34.3 Å². The molecule has 2 aliphatic heterocycles. The summed E-state index contributed by atoms with van der Waals surface area (Å²) >= 11 is 12.5. The first-order chi connectivity index (χ1) is 29.1. The third-order valence-corrected chi connectivity index (χ3v) is 12.9. The molecular formula is C45H30Cl2F4N4O6. The minimum atomic E-state index is -4.80. The Labute approximate surface area is 354 Å². The van der Waals surface area contributed by atoms with E-state index in [1.165, 1.54) is 60.7 Å². The van der Waals surface area contributed by atoms with Gasteiger partial charge in [-0.2, -0.15) is 18.2 Å². The smallest absolute Gasteiger partial charge is 0.417 e. The van der Waals surface area contributed by atoms with Crippen LogP contribution in [0.3, 0.4) is 0 Å². The number of halogens is 6. The van der Waals surface area contributed by atoms with Gasteiger partial charge < -0.3 is 5.11 Å². The summed E-state index contributed by atoms with van der Waals surface area (Å²) in [5.74, 6) is -11.1. The minimum Gasteiger partial charge on any atom is -0.505 e. The van der Waals surface area contributed by atoms with Gasteiger partial charge in [0, 0.05) is 33.8 Å². The van der Waals surface area contributed by atoms with Crippen LogP contribution in [0.2, 0.25) is 10.0 Å². The Morgan fingerprint density at radius 1 is 0.836 bits per heavy atom. The summed E-state index contributed by atoms with van der Waals surface area (Å²) in [6.45, 7) is 0. The number of nitrogens with zero attached hydrogens (tertiary/aromatic N) is 3. The molecule has 0 spiro atoms. The number of para-hydroxylation sites is 1. The van der Waals surface area contributed by atoms with Crippen molar-refractivity contribution >= 4 is 64.1 Å². The lowest BCUT2D eigenvalue weighted by Gasteiger charge is -2.50. The Bertz CT molecular complexity index is 2710. The number of benzene rings is 4. The van der Waals surface area contributed by atoms with Crippen LogP contribution in [0, 0.1) is 29.5 Å². The summed E-state index contributed by atoms with van der Waals surface area (Å²) in [5.41, 5.74) is 0.895. The number of allylic oxidation sites excluding steroid dienone is 2. The van der Waals surface area contributed by atoms with Crippen LogP contribution in [0.1, 0.15) is 51.4 Å². The van der Waals surface area contributed by atoms with Crippen LogP contribution in [0.4, 0.5) is 29.1 Å². The number of hydrogen-bond acceptors (Lipinski definition) is 8. The van der Waals surface area contributed by atoms with E-state index in [2.05, 4.69) is 10.4 Å². The Hall–Kier alpha value is -6.38. The van der Waals surface area contributed by atoms with Crippen LogP contribution < -0.4 is 10.3 Å². The van der Waals surface area contributed by atoms with Gasteiger partial charge in [0.25, 0.3) is 11.8 Å². The maximum Gasteiger partial charge on any atom is 0.417 e. The van der Waals surface area contributed by atoms with E-state index in [-0.39, 0.29) is 40.5 Å². The number of anilines is 2. The highest BCUT2D eigenvalue weighted by atomic mass is 35.5. The van der Waals surface area contributed by atoms with Crippen molar-refractivity contribution < 1.29 is 46.6 Å². The van der Waals surface area contributed by atoms with Crippen molar-refractivity contribution in [3.8, 4) is 5.75 Å². The molecule has 2 aliphatic carbocycles. The number of rotatable bonds is 7. The van der Waals surface area contributed by atoms with Crippen molar-refractivity contribution in [1.29, 1.82) is 0 Å². The van der Waals surface area contributed by atoms with E-state index in [1.54, 1.807) is 36.4 Å². The van der Waals surface area contributed by atoms with E-state index >= 15 is 9.18 Å². The fraction of sp³-hybridized carbons (Fsp3) is 0.200. The quantitative estimate of drug-likeness (QED) is 0.0718. The first-order valence-corrected chi connectivity index (χ1v) is 19.8. The summed E-state index contributed by atoms with van der Waals surface area (Å²) in [6.07, 6.45) is -2.81. The number of aromatic nitrogens is 1. The number of hydrazine groups is 1. The number of nitrogens with one attached hydrogen (secondary N) is 1. The zero-order chi connectivity index (χ0) is 43.1. The third kappa shape index (κ3) is 6.22. The molecule has 4 amide bonds. The highest BCUT2D eigenvalue weighted by Gasteiger charge is 2.71. The molecule has 10 nitrogen and oxygen atoms in total. The lowest BCUT2D eigenvalue weighted by atomic mass is 9.49. The molecule has 2 saturated heterocycles. The highest BCUT2D eigenvalue weighted by Crippen LogP contribution is 2.65. The molecule has 308 valence electrons. The minimum absolute atomic E-state index is 0.00523. The molecule has 9 rings (SSSR count). The Balaban J connectivity index is 1.16. The van der Waals surface area contributed by atoms with Crippen LogP contribution in [0.5, 0.6) is 5.75 Å². The largest absolute Gasteiger partial charge is 0.505 e. The number of hydrogen-bond donors (Lipinski definition) is 2. The average Bonchev–Trinajstić information content (AvgIpc) is 3.63. The number of pyridine rings is 1. The van der Waals surface area contributed by atoms with Gasteiger partial charge in [0.05, 0.1) is 39.4 Å². The molecule has 2 N–H and O–H groups in total. The normalized spacial score (nSPS) is 24.6. The number of ketones is 1. The maximum absolute atomic E-state index is 15.4. The average molecular weight is 870 g/mol. The van der Waals surface area contributed by atoms with Crippen molar-refractivity contribution in [2.45, 2.75) is 30.4 Å². The molecule has 4 aliphatic rings. The molecule has 3 fully saturated rings. The number of carbonyl (C=O) groups excluding carboxylic acids is 5. The second-order valence-corrected chi connectivity index (χ2v) is 16.2. The number of carbonyl (C=O) groups is 5. The van der Waals surface area contributed by atoms with Crippen LogP contribution in [0.15, 0.2) is 121 Å². The fourth-order valence-corrected chi connectivity index (χ4v) is 10.00. The predicted molar refractivity (Wildman–Crippen MR) is 214 cm³/mol. The molecule has 4 aromatic carbocycles. The number of alkyl halides is 3. The molecule has 0 radical (unpaired) electrons. The number of phenolic OH excluding ortho intramolecular Hbond substituents is 1. The lowest BCUT2D eigenvalue weighted by Crippen LogP contribution is -2.53. The van der Waals surface area contributed by atoms with E-state index < -0.39 is 92.8 Å². The van der Waals surface area contributed by atoms with Crippen molar-refractivity contribution in [2.24, 2.45) is 23.7 Å². The van der Waals surface area contributed by atoms with Crippen molar-refractivity contribution in [2.75, 3.05) is 10.3 Å². The zero-order valence-corrected chi connectivity index (χ0v) is 32.9. The predicted octanol–water partition coefficient (Wildman–Crippen LogP) is 8.67. The summed E-state index contributed by atoms with van der Waals surface area (Å²) < 4.78 is 56.0. The lowest BCUT2D eigenvalue weighted by molar-refractivity contribution is -0.139. The molecule has 61 heavy (non-hydrogen) atoms. The SMILES string of the molecule is O=C(c1ccccc1)c1ccc(N2C(=O)[C@H]3[C@H](CC=C4[C@H]3C[C@H]3C(=O)N(Nc5ncc(C(F)(F)F)cc5Cl)C(=O)[C@@]3(c3ccc(Cl)cc3)[C@H]4c3cccc(F)c3O)C2=O)cc1. The molecule has 16 heteroatoms. The second kappa shape index (κ2) is 14.7. The second-order valence-electron chi connectivity index (χ2n) is 15.4. The summed E-state index contributed by atoms with van der Waals surface area (Å²) in [7, 11) is 0. The van der Waals surface area contributed by atoms with Gasteiger partial charge in [0.1, 0.15) is 0 Å². The Morgan fingerprint density at radius 2 is 1.52 bits per heavy atom. The summed E-state index contributed by atoms with van der Waals surface area (Å²) in [4.78, 5) is 77.0. The van der Waals surface area contributed by atoms with E-state index in [9.17, 15) is 37.5 Å². The topological polar surface area (TPSA) is 137 Å². The number of amides is 4. The zero-order valence-electron chi connectivity index (χ0n) is 31.4. The molecule has 5 aromatic rings. The van der Waals surface area contributed by atoms with Gasteiger partial charge in [0.2, 0.25) is 11.8 Å². The Kier molecular flexibility index (Phi) is 9.63.